The van der Waals surface area contributed by atoms with Gasteiger partial charge in [-0.05, 0) is 96.4 Å². The van der Waals surface area contributed by atoms with E-state index in [2.05, 4.69) is 48.3 Å². The van der Waals surface area contributed by atoms with Crippen molar-refractivity contribution >= 4 is 10.8 Å². The van der Waals surface area contributed by atoms with Crippen LogP contribution in [0.4, 0.5) is 0 Å². The van der Waals surface area contributed by atoms with Gasteiger partial charge in [0.1, 0.15) is 0 Å². The first-order valence-corrected chi connectivity index (χ1v) is 12.2. The second-order valence-corrected chi connectivity index (χ2v) is 11.1. The highest BCUT2D eigenvalue weighted by molar-refractivity contribution is 5.82. The smallest absolute Gasteiger partial charge is 0.0974 e. The molecule has 1 aromatic heterocycles. The van der Waals surface area contributed by atoms with Crippen molar-refractivity contribution in [3.05, 3.63) is 65.5 Å². The lowest BCUT2D eigenvalue weighted by atomic mass is 9.58. The van der Waals surface area contributed by atoms with Crippen LogP contribution < -0.4 is 0 Å². The normalized spacial score (nSPS) is 43.1. The molecule has 3 fully saturated rings. The quantitative estimate of drug-likeness (QED) is 0.639. The molecule has 3 nitrogen and oxygen atoms in total. The second-order valence-electron chi connectivity index (χ2n) is 11.1. The van der Waals surface area contributed by atoms with Gasteiger partial charge in [-0.25, -0.2) is 0 Å². The van der Waals surface area contributed by atoms with Crippen molar-refractivity contribution in [2.24, 2.45) is 11.3 Å². The number of ether oxygens (including phenoxy) is 1. The Morgan fingerprint density at radius 1 is 1.10 bits per heavy atom. The lowest BCUT2D eigenvalue weighted by Gasteiger charge is -2.54. The molecule has 2 spiro atoms. The lowest BCUT2D eigenvalue weighted by Crippen LogP contribution is -2.54. The van der Waals surface area contributed by atoms with Gasteiger partial charge in [-0.1, -0.05) is 31.2 Å². The number of aromatic nitrogens is 1. The fraction of sp³-hybridized carbons (Fsp3) is 0.536. The summed E-state index contributed by atoms with van der Waals surface area (Å²) in [7, 11) is 0. The number of hydrogen-bond acceptors (Lipinski definition) is 3. The van der Waals surface area contributed by atoms with Crippen LogP contribution in [0, 0.1) is 11.3 Å². The van der Waals surface area contributed by atoms with Crippen LogP contribution in [-0.2, 0) is 4.74 Å². The third-order valence-electron chi connectivity index (χ3n) is 9.72. The van der Waals surface area contributed by atoms with Crippen LogP contribution in [0.2, 0.25) is 0 Å². The number of allylic oxidation sites excluding steroid dienone is 1. The predicted molar refractivity (Wildman–Crippen MR) is 122 cm³/mol. The molecule has 7 rings (SSSR count). The van der Waals surface area contributed by atoms with Crippen LogP contribution >= 0.6 is 0 Å². The van der Waals surface area contributed by atoms with Crippen molar-refractivity contribution in [1.29, 1.82) is 0 Å². The minimum Gasteiger partial charge on any atom is -0.393 e. The van der Waals surface area contributed by atoms with E-state index >= 15 is 0 Å². The number of aliphatic hydroxyl groups is 1. The van der Waals surface area contributed by atoms with Crippen molar-refractivity contribution < 1.29 is 9.84 Å². The van der Waals surface area contributed by atoms with Crippen LogP contribution in [-0.4, -0.2) is 27.4 Å². The molecule has 31 heavy (non-hydrogen) atoms. The number of pyridine rings is 1. The van der Waals surface area contributed by atoms with Gasteiger partial charge in [0.2, 0.25) is 0 Å². The third-order valence-corrected chi connectivity index (χ3v) is 9.72. The van der Waals surface area contributed by atoms with Gasteiger partial charge in [-0.2, -0.15) is 0 Å². The van der Waals surface area contributed by atoms with Crippen molar-refractivity contribution in [2.45, 2.75) is 81.5 Å². The van der Waals surface area contributed by atoms with E-state index in [-0.39, 0.29) is 22.7 Å². The average molecular weight is 414 g/mol. The number of rotatable bonds is 1. The zero-order valence-electron chi connectivity index (χ0n) is 18.3. The molecule has 3 heterocycles. The molecule has 1 N–H and O–H groups in total. The Hall–Kier alpha value is -1.97. The summed E-state index contributed by atoms with van der Waals surface area (Å²) in [4.78, 5) is 4.35. The molecule has 0 amide bonds. The Balaban J connectivity index is 1.31. The second kappa shape index (κ2) is 6.08. The topological polar surface area (TPSA) is 42.4 Å². The Bertz CT molecular complexity index is 1150. The number of hydrogen-bond donors (Lipinski definition) is 1. The van der Waals surface area contributed by atoms with E-state index in [4.69, 9.17) is 4.74 Å². The highest BCUT2D eigenvalue weighted by Crippen LogP contribution is 2.69. The van der Waals surface area contributed by atoms with Gasteiger partial charge in [0, 0.05) is 24.2 Å². The predicted octanol–water partition coefficient (Wildman–Crippen LogP) is 5.84. The maximum Gasteiger partial charge on any atom is 0.0974 e. The van der Waals surface area contributed by atoms with Gasteiger partial charge in [0.15, 0.2) is 0 Å². The SMILES string of the molecule is C[C@]12CC=C3C=C4CCC(O)C[C@]45CCC3(O5)[C@@H]1CC[C@@H]2c1ccc2ccncc2c1. The highest BCUT2D eigenvalue weighted by atomic mass is 16.5. The molecular formula is C28H31NO2. The van der Waals surface area contributed by atoms with Crippen molar-refractivity contribution in [3.63, 3.8) is 0 Å². The van der Waals surface area contributed by atoms with E-state index in [0.29, 0.717) is 11.8 Å². The van der Waals surface area contributed by atoms with Crippen molar-refractivity contribution in [2.75, 3.05) is 0 Å². The monoisotopic (exact) mass is 413 g/mol. The van der Waals surface area contributed by atoms with Gasteiger partial charge < -0.3 is 9.84 Å². The zero-order chi connectivity index (χ0) is 20.8. The average Bonchev–Trinajstić information content (AvgIpc) is 3.28. The molecule has 5 aliphatic rings. The first-order valence-electron chi connectivity index (χ1n) is 12.2. The van der Waals surface area contributed by atoms with E-state index in [9.17, 15) is 5.11 Å². The minimum atomic E-state index is -0.213. The third kappa shape index (κ3) is 2.34. The fourth-order valence-electron chi connectivity index (χ4n) is 8.25. The summed E-state index contributed by atoms with van der Waals surface area (Å²) in [6.07, 6.45) is 17.1. The molecule has 1 saturated heterocycles. The Morgan fingerprint density at radius 2 is 2.03 bits per heavy atom. The first kappa shape index (κ1) is 18.6. The summed E-state index contributed by atoms with van der Waals surface area (Å²) in [5, 5.41) is 13.0. The first-order chi connectivity index (χ1) is 15.0. The zero-order valence-corrected chi connectivity index (χ0v) is 18.3. The molecular weight excluding hydrogens is 382 g/mol. The van der Waals surface area contributed by atoms with Gasteiger partial charge >= 0.3 is 0 Å². The molecule has 2 aromatic rings. The van der Waals surface area contributed by atoms with Crippen LogP contribution in [0.1, 0.15) is 69.8 Å². The molecule has 2 aliphatic heterocycles. The fourth-order valence-corrected chi connectivity index (χ4v) is 8.25. The molecule has 3 aliphatic carbocycles. The van der Waals surface area contributed by atoms with E-state index in [1.54, 1.807) is 0 Å². The highest BCUT2D eigenvalue weighted by Gasteiger charge is 2.66. The van der Waals surface area contributed by atoms with Crippen LogP contribution in [0.3, 0.4) is 0 Å². The number of aliphatic hydroxyl groups excluding tert-OH is 1. The van der Waals surface area contributed by atoms with Crippen LogP contribution in [0.5, 0.6) is 0 Å². The van der Waals surface area contributed by atoms with Gasteiger partial charge in [-0.3, -0.25) is 4.98 Å². The van der Waals surface area contributed by atoms with E-state index < -0.39 is 0 Å². The minimum absolute atomic E-state index is 0.138. The Kier molecular flexibility index (Phi) is 3.65. The molecule has 160 valence electrons. The largest absolute Gasteiger partial charge is 0.393 e. The molecule has 3 heteroatoms. The van der Waals surface area contributed by atoms with Crippen LogP contribution in [0.25, 0.3) is 10.8 Å². The summed E-state index contributed by atoms with van der Waals surface area (Å²) < 4.78 is 7.18. The summed E-state index contributed by atoms with van der Waals surface area (Å²) in [6.45, 7) is 2.52. The lowest BCUT2D eigenvalue weighted by molar-refractivity contribution is -0.144. The van der Waals surface area contributed by atoms with E-state index in [1.165, 1.54) is 40.3 Å². The Morgan fingerprint density at radius 3 is 2.97 bits per heavy atom. The molecule has 2 bridgehead atoms. The summed E-state index contributed by atoms with van der Waals surface area (Å²) >= 11 is 0. The van der Waals surface area contributed by atoms with Crippen LogP contribution in [0.15, 0.2) is 60.0 Å². The number of benzene rings is 1. The summed E-state index contributed by atoms with van der Waals surface area (Å²) in [5.41, 5.74) is 4.26. The number of nitrogens with zero attached hydrogens (tertiary/aromatic N) is 1. The van der Waals surface area contributed by atoms with E-state index in [1.807, 2.05) is 12.4 Å². The molecule has 2 saturated carbocycles. The van der Waals surface area contributed by atoms with Crippen molar-refractivity contribution in [3.8, 4) is 0 Å². The molecule has 2 unspecified atom stereocenters. The Labute approximate surface area is 184 Å². The summed E-state index contributed by atoms with van der Waals surface area (Å²) in [6, 6.07) is 9.10. The standard InChI is InChI=1S/C28H31NO2/c1-26-10-8-22-15-21-4-5-23(30)16-27(21)11-12-28(22,31-27)25(26)7-6-24(26)19-3-2-18-9-13-29-17-20(18)14-19/h2-3,8-9,13-15,17,23-25,30H,4-7,10-12,16H2,1H3/t23?,24-,25-,26-,27-,28?/m1/s1. The number of fused-ring (bicyclic) bond motifs is 2. The van der Waals surface area contributed by atoms with Crippen molar-refractivity contribution in [1.82, 2.24) is 4.98 Å². The van der Waals surface area contributed by atoms with Gasteiger partial charge in [0.05, 0.1) is 17.3 Å². The summed E-state index contributed by atoms with van der Waals surface area (Å²) in [5.74, 6) is 1.10. The molecule has 1 aromatic carbocycles. The maximum atomic E-state index is 10.4. The molecule has 6 atom stereocenters. The van der Waals surface area contributed by atoms with Gasteiger partial charge in [-0.15, -0.1) is 0 Å². The maximum absolute atomic E-state index is 10.4. The van der Waals surface area contributed by atoms with Gasteiger partial charge in [0.25, 0.3) is 0 Å². The van der Waals surface area contributed by atoms with E-state index in [0.717, 1.165) is 38.5 Å². The molecule has 0 radical (unpaired) electrons.